The van der Waals surface area contributed by atoms with Crippen LogP contribution in [-0.2, 0) is 6.18 Å². The fourth-order valence-electron chi connectivity index (χ4n) is 2.29. The molecule has 0 spiro atoms. The van der Waals surface area contributed by atoms with E-state index in [1.54, 1.807) is 36.4 Å². The van der Waals surface area contributed by atoms with Crippen LogP contribution < -0.4 is 0 Å². The topological polar surface area (TPSA) is 15.8 Å². The van der Waals surface area contributed by atoms with Gasteiger partial charge in [-0.25, -0.2) is 0 Å². The molecule has 0 fully saturated rings. The lowest BCUT2D eigenvalue weighted by molar-refractivity contribution is -0.140. The molecular weight excluding hydrogens is 275 g/mol. The lowest BCUT2D eigenvalue weighted by Gasteiger charge is -2.04. The van der Waals surface area contributed by atoms with Crippen LogP contribution in [-0.4, -0.2) is 4.98 Å². The van der Waals surface area contributed by atoms with E-state index in [0.29, 0.717) is 11.3 Å². The van der Waals surface area contributed by atoms with Crippen LogP contribution >= 0.6 is 0 Å². The van der Waals surface area contributed by atoms with Gasteiger partial charge in [0.2, 0.25) is 0 Å². The van der Waals surface area contributed by atoms with E-state index in [1.165, 1.54) is 0 Å². The highest BCUT2D eigenvalue weighted by molar-refractivity contribution is 5.82. The number of benzene rings is 2. The van der Waals surface area contributed by atoms with Gasteiger partial charge in [-0.1, -0.05) is 60.7 Å². The Bertz CT molecular complexity index is 671. The van der Waals surface area contributed by atoms with Crippen molar-refractivity contribution in [2.24, 2.45) is 0 Å². The van der Waals surface area contributed by atoms with Crippen LogP contribution in [0.3, 0.4) is 0 Å². The summed E-state index contributed by atoms with van der Waals surface area (Å²) in [4.78, 5) is 2.51. The second-order valence-corrected chi connectivity index (χ2v) is 4.70. The average molecular weight is 287 g/mol. The summed E-state index contributed by atoms with van der Waals surface area (Å²) in [5, 5.41) is 0. The molecule has 1 nitrogen and oxygen atoms in total. The Labute approximate surface area is 120 Å². The Balaban J connectivity index is 2.20. The van der Waals surface area contributed by atoms with Crippen LogP contribution in [0.15, 0.2) is 66.7 Å². The van der Waals surface area contributed by atoms with E-state index in [4.69, 9.17) is 0 Å². The molecule has 0 amide bonds. The maximum Gasteiger partial charge on any atom is 0.431 e. The molecule has 0 atom stereocenters. The van der Waals surface area contributed by atoms with Crippen molar-refractivity contribution in [1.29, 1.82) is 0 Å². The van der Waals surface area contributed by atoms with Crippen LogP contribution in [0.2, 0.25) is 0 Å². The van der Waals surface area contributed by atoms with Crippen LogP contribution in [0.5, 0.6) is 0 Å². The van der Waals surface area contributed by atoms with Crippen molar-refractivity contribution < 1.29 is 13.2 Å². The summed E-state index contributed by atoms with van der Waals surface area (Å²) in [5.41, 5.74) is 1.78. The summed E-state index contributed by atoms with van der Waals surface area (Å²) in [5.74, 6) is 0. The van der Waals surface area contributed by atoms with Gasteiger partial charge in [0, 0.05) is 5.56 Å². The molecule has 21 heavy (non-hydrogen) atoms. The van der Waals surface area contributed by atoms with Gasteiger partial charge in [-0.2, -0.15) is 13.2 Å². The van der Waals surface area contributed by atoms with Gasteiger partial charge in [0.25, 0.3) is 0 Å². The molecule has 1 aromatic heterocycles. The van der Waals surface area contributed by atoms with E-state index in [1.807, 2.05) is 24.3 Å². The predicted molar refractivity (Wildman–Crippen MR) is 76.7 cm³/mol. The molecule has 0 aliphatic rings. The zero-order valence-electron chi connectivity index (χ0n) is 11.0. The predicted octanol–water partition coefficient (Wildman–Crippen LogP) is 5.37. The molecule has 106 valence electrons. The van der Waals surface area contributed by atoms with Gasteiger partial charge in [-0.15, -0.1) is 0 Å². The first-order valence-electron chi connectivity index (χ1n) is 6.47. The molecule has 1 N–H and O–H groups in total. The number of halogens is 3. The Hall–Kier alpha value is -2.49. The summed E-state index contributed by atoms with van der Waals surface area (Å²) >= 11 is 0. The number of aromatic amines is 1. The molecule has 4 heteroatoms. The van der Waals surface area contributed by atoms with Crippen molar-refractivity contribution in [2.45, 2.75) is 6.18 Å². The Morgan fingerprint density at radius 1 is 0.714 bits per heavy atom. The standard InChI is InChI=1S/C17H12F3N/c18-17(19,20)15-11-14(12-7-3-1-4-8-12)16(21-15)13-9-5-2-6-10-13/h1-11,21H. The lowest BCUT2D eigenvalue weighted by Crippen LogP contribution is -2.04. The monoisotopic (exact) mass is 287 g/mol. The van der Waals surface area contributed by atoms with Gasteiger partial charge >= 0.3 is 6.18 Å². The number of rotatable bonds is 2. The molecule has 3 rings (SSSR count). The van der Waals surface area contributed by atoms with Crippen molar-refractivity contribution in [3.8, 4) is 22.4 Å². The quantitative estimate of drug-likeness (QED) is 0.652. The fraction of sp³-hybridized carbons (Fsp3) is 0.0588. The van der Waals surface area contributed by atoms with E-state index in [0.717, 1.165) is 17.2 Å². The molecule has 0 unspecified atom stereocenters. The summed E-state index contributed by atoms with van der Waals surface area (Å²) < 4.78 is 38.9. The molecule has 0 aliphatic heterocycles. The molecule has 1 heterocycles. The third-order valence-electron chi connectivity index (χ3n) is 3.27. The Morgan fingerprint density at radius 2 is 1.24 bits per heavy atom. The summed E-state index contributed by atoms with van der Waals surface area (Å²) in [7, 11) is 0. The summed E-state index contributed by atoms with van der Waals surface area (Å²) in [6, 6.07) is 19.2. The van der Waals surface area contributed by atoms with Crippen LogP contribution in [0.4, 0.5) is 13.2 Å². The molecule has 0 bridgehead atoms. The molecule has 0 aliphatic carbocycles. The van der Waals surface area contributed by atoms with Crippen LogP contribution in [0, 0.1) is 0 Å². The highest BCUT2D eigenvalue weighted by atomic mass is 19.4. The van der Waals surface area contributed by atoms with Crippen molar-refractivity contribution in [1.82, 2.24) is 4.98 Å². The summed E-state index contributed by atoms with van der Waals surface area (Å²) in [6.07, 6.45) is -4.39. The number of hydrogen-bond donors (Lipinski definition) is 1. The first-order valence-corrected chi connectivity index (χ1v) is 6.47. The number of alkyl halides is 3. The number of hydrogen-bond acceptors (Lipinski definition) is 0. The van der Waals surface area contributed by atoms with Gasteiger partial charge in [0.05, 0.1) is 5.69 Å². The van der Waals surface area contributed by atoms with Crippen molar-refractivity contribution in [2.75, 3.05) is 0 Å². The second-order valence-electron chi connectivity index (χ2n) is 4.70. The minimum absolute atomic E-state index is 0.481. The first-order chi connectivity index (χ1) is 10.1. The maximum atomic E-state index is 13.0. The zero-order valence-corrected chi connectivity index (χ0v) is 11.0. The Kier molecular flexibility index (Phi) is 3.29. The SMILES string of the molecule is FC(F)(F)c1cc(-c2ccccc2)c(-c2ccccc2)[nH]1. The molecule has 0 saturated heterocycles. The smallest absolute Gasteiger partial charge is 0.351 e. The Morgan fingerprint density at radius 3 is 1.76 bits per heavy atom. The normalized spacial score (nSPS) is 11.6. The fourth-order valence-corrected chi connectivity index (χ4v) is 2.29. The van der Waals surface area contributed by atoms with E-state index in [-0.39, 0.29) is 0 Å². The first kappa shape index (κ1) is 13.5. The maximum absolute atomic E-state index is 13.0. The molecule has 0 saturated carbocycles. The average Bonchev–Trinajstić information content (AvgIpc) is 2.94. The van der Waals surface area contributed by atoms with E-state index in [2.05, 4.69) is 4.98 Å². The van der Waals surface area contributed by atoms with E-state index in [9.17, 15) is 13.2 Å². The van der Waals surface area contributed by atoms with Gasteiger partial charge in [0.15, 0.2) is 0 Å². The number of nitrogens with one attached hydrogen (secondary N) is 1. The van der Waals surface area contributed by atoms with Crippen molar-refractivity contribution in [3.63, 3.8) is 0 Å². The summed E-state index contributed by atoms with van der Waals surface area (Å²) in [6.45, 7) is 0. The second kappa shape index (κ2) is 5.13. The van der Waals surface area contributed by atoms with Crippen molar-refractivity contribution >= 4 is 0 Å². The third-order valence-corrected chi connectivity index (χ3v) is 3.27. The molecular formula is C17H12F3N. The van der Waals surface area contributed by atoms with Crippen LogP contribution in [0.25, 0.3) is 22.4 Å². The molecule has 3 aromatic rings. The molecule has 2 aromatic carbocycles. The third kappa shape index (κ3) is 2.70. The highest BCUT2D eigenvalue weighted by Crippen LogP contribution is 2.38. The lowest BCUT2D eigenvalue weighted by atomic mass is 10.0. The molecule has 0 radical (unpaired) electrons. The van der Waals surface area contributed by atoms with Gasteiger partial charge in [-0.05, 0) is 17.2 Å². The van der Waals surface area contributed by atoms with Gasteiger partial charge in [0.1, 0.15) is 5.69 Å². The largest absolute Gasteiger partial charge is 0.431 e. The highest BCUT2D eigenvalue weighted by Gasteiger charge is 2.33. The van der Waals surface area contributed by atoms with E-state index < -0.39 is 11.9 Å². The number of H-pyrrole nitrogens is 1. The van der Waals surface area contributed by atoms with Crippen LogP contribution in [0.1, 0.15) is 5.69 Å². The minimum Gasteiger partial charge on any atom is -0.351 e. The zero-order chi connectivity index (χ0) is 14.9. The van der Waals surface area contributed by atoms with E-state index >= 15 is 0 Å². The number of aromatic nitrogens is 1. The minimum atomic E-state index is -4.39. The van der Waals surface area contributed by atoms with Crippen molar-refractivity contribution in [3.05, 3.63) is 72.4 Å². The van der Waals surface area contributed by atoms with Gasteiger partial charge in [-0.3, -0.25) is 0 Å². The van der Waals surface area contributed by atoms with Gasteiger partial charge < -0.3 is 4.98 Å².